The quantitative estimate of drug-likeness (QED) is 0.362. The lowest BCUT2D eigenvalue weighted by Crippen LogP contribution is -2.13. The average molecular weight is 458 g/mol. The number of hydrogen-bond acceptors (Lipinski definition) is 3. The first-order valence-corrected chi connectivity index (χ1v) is 10.2. The van der Waals surface area contributed by atoms with E-state index in [1.54, 1.807) is 29.5 Å². The molecule has 4 aromatic rings. The number of fused-ring (bicyclic) bond motifs is 1. The molecule has 0 atom stereocenters. The van der Waals surface area contributed by atoms with Crippen LogP contribution in [0.2, 0.25) is 5.02 Å². The van der Waals surface area contributed by atoms with Crippen LogP contribution in [-0.2, 0) is 0 Å². The van der Waals surface area contributed by atoms with Crippen LogP contribution in [0.4, 0.5) is 5.69 Å². The van der Waals surface area contributed by atoms with Gasteiger partial charge in [0.2, 0.25) is 0 Å². The van der Waals surface area contributed by atoms with Gasteiger partial charge in [-0.25, -0.2) is 4.98 Å². The predicted molar refractivity (Wildman–Crippen MR) is 117 cm³/mol. The Morgan fingerprint density at radius 3 is 2.70 bits per heavy atom. The molecular weight excluding hydrogens is 444 g/mol. The lowest BCUT2D eigenvalue weighted by atomic mass is 10.1. The van der Waals surface area contributed by atoms with Crippen molar-refractivity contribution in [1.29, 1.82) is 0 Å². The van der Waals surface area contributed by atoms with Gasteiger partial charge in [0.25, 0.3) is 5.91 Å². The largest absolute Gasteiger partial charge is 0.322 e. The molecule has 0 aliphatic heterocycles. The number of halogens is 2. The third-order valence-electron chi connectivity index (χ3n) is 4.19. The van der Waals surface area contributed by atoms with Crippen molar-refractivity contribution in [2.75, 3.05) is 5.32 Å². The molecule has 0 aliphatic rings. The topological polar surface area (TPSA) is 42.0 Å². The number of nitrogens with zero attached hydrogens (tertiary/aromatic N) is 1. The van der Waals surface area contributed by atoms with Gasteiger partial charge in [0.1, 0.15) is 5.01 Å². The molecule has 27 heavy (non-hydrogen) atoms. The van der Waals surface area contributed by atoms with E-state index in [0.29, 0.717) is 10.6 Å². The molecule has 0 saturated carbocycles. The summed E-state index contributed by atoms with van der Waals surface area (Å²) in [7, 11) is 0. The molecule has 1 heterocycles. The summed E-state index contributed by atoms with van der Waals surface area (Å²) >= 11 is 11.2. The van der Waals surface area contributed by atoms with E-state index in [4.69, 9.17) is 16.6 Å². The second-order valence-electron chi connectivity index (χ2n) is 6.09. The number of aryl methyl sites for hydroxylation is 1. The minimum absolute atomic E-state index is 0.239. The zero-order chi connectivity index (χ0) is 19.0. The molecule has 1 aromatic heterocycles. The van der Waals surface area contributed by atoms with Crippen LogP contribution in [0.3, 0.4) is 0 Å². The number of para-hydroxylation sites is 1. The highest BCUT2D eigenvalue weighted by atomic mass is 79.9. The minimum Gasteiger partial charge on any atom is -0.322 e. The minimum atomic E-state index is -0.239. The van der Waals surface area contributed by atoms with E-state index >= 15 is 0 Å². The monoisotopic (exact) mass is 456 g/mol. The van der Waals surface area contributed by atoms with Gasteiger partial charge in [0, 0.05) is 15.7 Å². The number of aromatic nitrogens is 1. The average Bonchev–Trinajstić information content (AvgIpc) is 3.09. The number of thiazole rings is 1. The number of anilines is 1. The van der Waals surface area contributed by atoms with Gasteiger partial charge < -0.3 is 5.32 Å². The van der Waals surface area contributed by atoms with Crippen LogP contribution in [0.15, 0.2) is 65.1 Å². The molecule has 3 aromatic carbocycles. The first kappa shape index (κ1) is 18.2. The molecule has 0 unspecified atom stereocenters. The van der Waals surface area contributed by atoms with Crippen molar-refractivity contribution in [2.24, 2.45) is 0 Å². The zero-order valence-electron chi connectivity index (χ0n) is 14.3. The first-order valence-electron chi connectivity index (χ1n) is 8.24. The number of rotatable bonds is 3. The van der Waals surface area contributed by atoms with Crippen molar-refractivity contribution < 1.29 is 4.79 Å². The number of carbonyl (C=O) groups excluding carboxylic acids is 1. The third kappa shape index (κ3) is 3.76. The molecule has 6 heteroatoms. The normalized spacial score (nSPS) is 10.9. The Kier molecular flexibility index (Phi) is 5.00. The molecule has 0 radical (unpaired) electrons. The maximum Gasteiger partial charge on any atom is 0.257 e. The van der Waals surface area contributed by atoms with Crippen LogP contribution >= 0.6 is 38.9 Å². The highest BCUT2D eigenvalue weighted by molar-refractivity contribution is 9.10. The molecule has 1 N–H and O–H groups in total. The Labute approximate surface area is 174 Å². The van der Waals surface area contributed by atoms with Crippen molar-refractivity contribution in [1.82, 2.24) is 4.98 Å². The third-order valence-corrected chi connectivity index (χ3v) is 6.10. The van der Waals surface area contributed by atoms with Gasteiger partial charge in [-0.15, -0.1) is 11.3 Å². The molecule has 0 bridgehead atoms. The second-order valence-corrected chi connectivity index (χ2v) is 8.45. The summed E-state index contributed by atoms with van der Waals surface area (Å²) < 4.78 is 1.96. The standard InChI is InChI=1S/C21H14BrClN2OS/c1-12-10-13(21-25-18-4-2-3-5-19(18)27-21)6-9-17(12)24-20(26)15-11-14(22)7-8-16(15)23/h2-11H,1H3,(H,24,26). The van der Waals surface area contributed by atoms with E-state index < -0.39 is 0 Å². The Bertz CT molecular complexity index is 1140. The smallest absolute Gasteiger partial charge is 0.257 e. The van der Waals surface area contributed by atoms with Crippen LogP contribution in [0, 0.1) is 6.92 Å². The maximum atomic E-state index is 12.6. The molecule has 4 rings (SSSR count). The van der Waals surface area contributed by atoms with Crippen LogP contribution in [0.25, 0.3) is 20.8 Å². The molecule has 0 fully saturated rings. The first-order chi connectivity index (χ1) is 13.0. The summed E-state index contributed by atoms with van der Waals surface area (Å²) in [5.74, 6) is -0.239. The van der Waals surface area contributed by atoms with E-state index in [1.165, 1.54) is 0 Å². The van der Waals surface area contributed by atoms with E-state index in [9.17, 15) is 4.79 Å². The summed E-state index contributed by atoms with van der Waals surface area (Å²) in [5.41, 5.74) is 4.18. The van der Waals surface area contributed by atoms with Crippen LogP contribution in [-0.4, -0.2) is 10.9 Å². The van der Waals surface area contributed by atoms with Crippen LogP contribution in [0.1, 0.15) is 15.9 Å². The highest BCUT2D eigenvalue weighted by Gasteiger charge is 2.13. The molecule has 3 nitrogen and oxygen atoms in total. The molecule has 0 spiro atoms. The van der Waals surface area contributed by atoms with Crippen LogP contribution in [0.5, 0.6) is 0 Å². The van der Waals surface area contributed by atoms with Gasteiger partial charge >= 0.3 is 0 Å². The molecule has 0 aliphatic carbocycles. The van der Waals surface area contributed by atoms with Crippen molar-refractivity contribution in [3.05, 3.63) is 81.3 Å². The summed E-state index contributed by atoms with van der Waals surface area (Å²) in [4.78, 5) is 17.3. The van der Waals surface area contributed by atoms with Crippen molar-refractivity contribution >= 4 is 60.7 Å². The summed E-state index contributed by atoms with van der Waals surface area (Å²) in [6.45, 7) is 1.97. The number of amides is 1. The Morgan fingerprint density at radius 1 is 1.11 bits per heavy atom. The fourth-order valence-electron chi connectivity index (χ4n) is 2.79. The number of hydrogen-bond donors (Lipinski definition) is 1. The highest BCUT2D eigenvalue weighted by Crippen LogP contribution is 2.32. The second kappa shape index (κ2) is 7.43. The van der Waals surface area contributed by atoms with E-state index in [1.807, 2.05) is 43.3 Å². The van der Waals surface area contributed by atoms with Gasteiger partial charge in [-0.05, 0) is 61.0 Å². The van der Waals surface area contributed by atoms with E-state index in [2.05, 4.69) is 27.3 Å². The Morgan fingerprint density at radius 2 is 1.93 bits per heavy atom. The number of carbonyl (C=O) groups is 1. The lowest BCUT2D eigenvalue weighted by Gasteiger charge is -2.11. The number of benzene rings is 3. The van der Waals surface area contributed by atoms with Gasteiger partial charge in [-0.3, -0.25) is 4.79 Å². The van der Waals surface area contributed by atoms with Gasteiger partial charge in [-0.1, -0.05) is 39.7 Å². The molecular formula is C21H14BrClN2OS. The summed E-state index contributed by atoms with van der Waals surface area (Å²) in [5, 5.41) is 4.32. The predicted octanol–water partition coefficient (Wildman–Crippen LogP) is 6.94. The Balaban J connectivity index is 1.62. The maximum absolute atomic E-state index is 12.6. The van der Waals surface area contributed by atoms with Gasteiger partial charge in [-0.2, -0.15) is 0 Å². The van der Waals surface area contributed by atoms with E-state index in [0.717, 1.165) is 36.5 Å². The molecule has 134 valence electrons. The van der Waals surface area contributed by atoms with Crippen molar-refractivity contribution in [3.8, 4) is 10.6 Å². The van der Waals surface area contributed by atoms with Gasteiger partial charge in [0.05, 0.1) is 20.8 Å². The Hall–Kier alpha value is -2.21. The van der Waals surface area contributed by atoms with Crippen molar-refractivity contribution in [3.63, 3.8) is 0 Å². The van der Waals surface area contributed by atoms with Crippen molar-refractivity contribution in [2.45, 2.75) is 6.92 Å². The lowest BCUT2D eigenvalue weighted by molar-refractivity contribution is 0.102. The molecule has 0 saturated heterocycles. The summed E-state index contributed by atoms with van der Waals surface area (Å²) in [6, 6.07) is 19.2. The van der Waals surface area contributed by atoms with E-state index in [-0.39, 0.29) is 5.91 Å². The number of nitrogens with one attached hydrogen (secondary N) is 1. The zero-order valence-corrected chi connectivity index (χ0v) is 17.5. The van der Waals surface area contributed by atoms with Crippen LogP contribution < -0.4 is 5.32 Å². The fraction of sp³-hybridized carbons (Fsp3) is 0.0476. The fourth-order valence-corrected chi connectivity index (χ4v) is 4.32. The molecule has 1 amide bonds. The SMILES string of the molecule is Cc1cc(-c2nc3ccccc3s2)ccc1NC(=O)c1cc(Br)ccc1Cl. The summed E-state index contributed by atoms with van der Waals surface area (Å²) in [6.07, 6.45) is 0. The van der Waals surface area contributed by atoms with Gasteiger partial charge in [0.15, 0.2) is 0 Å².